The minimum atomic E-state index is -0.357. The third-order valence-corrected chi connectivity index (χ3v) is 4.37. The maximum absolute atomic E-state index is 12.8. The van der Waals surface area contributed by atoms with E-state index in [9.17, 15) is 14.0 Å². The highest BCUT2D eigenvalue weighted by atomic mass is 127. The van der Waals surface area contributed by atoms with Crippen molar-refractivity contribution in [2.45, 2.75) is 0 Å². The zero-order valence-corrected chi connectivity index (χ0v) is 15.0. The summed E-state index contributed by atoms with van der Waals surface area (Å²) in [4.78, 5) is 23.5. The van der Waals surface area contributed by atoms with Gasteiger partial charge in [-0.1, -0.05) is 0 Å². The average molecular weight is 444 g/mol. The quantitative estimate of drug-likeness (QED) is 0.668. The van der Waals surface area contributed by atoms with Gasteiger partial charge >= 0.3 is 0 Å². The Morgan fingerprint density at radius 1 is 0.870 bits per heavy atom. The zero-order chi connectivity index (χ0) is 16.7. The Bertz CT molecular complexity index is 618. The summed E-state index contributed by atoms with van der Waals surface area (Å²) in [6.07, 6.45) is 0. The molecule has 0 heterocycles. The molecule has 0 spiro atoms. The Labute approximate surface area is 151 Å². The van der Waals surface area contributed by atoms with Crippen molar-refractivity contribution in [3.05, 3.63) is 57.9 Å². The van der Waals surface area contributed by atoms with Crippen molar-refractivity contribution < 1.29 is 14.0 Å². The van der Waals surface area contributed by atoms with Gasteiger partial charge in [0, 0.05) is 14.9 Å². The molecule has 4 nitrogen and oxygen atoms in total. The van der Waals surface area contributed by atoms with Crippen LogP contribution in [0.2, 0.25) is 0 Å². The molecule has 0 aromatic heterocycles. The topological polar surface area (TPSA) is 58.2 Å². The van der Waals surface area contributed by atoms with E-state index in [2.05, 4.69) is 33.2 Å². The average Bonchev–Trinajstić information content (AvgIpc) is 2.52. The van der Waals surface area contributed by atoms with E-state index in [4.69, 9.17) is 0 Å². The largest absolute Gasteiger partial charge is 0.325 e. The molecule has 0 fully saturated rings. The van der Waals surface area contributed by atoms with Crippen LogP contribution in [-0.4, -0.2) is 23.3 Å². The third kappa shape index (κ3) is 6.57. The Hall–Kier alpha value is -1.61. The zero-order valence-electron chi connectivity index (χ0n) is 12.0. The minimum absolute atomic E-state index is 0.150. The number of rotatable bonds is 6. The molecule has 0 atom stereocenters. The molecule has 0 unspecified atom stereocenters. The van der Waals surface area contributed by atoms with Gasteiger partial charge < -0.3 is 10.6 Å². The fourth-order valence-corrected chi connectivity index (χ4v) is 2.67. The molecule has 2 rings (SSSR count). The van der Waals surface area contributed by atoms with Gasteiger partial charge in [-0.05, 0) is 71.1 Å². The van der Waals surface area contributed by atoms with Crippen LogP contribution in [0, 0.1) is 9.39 Å². The summed E-state index contributed by atoms with van der Waals surface area (Å²) in [5.74, 6) is -0.417. The first kappa shape index (κ1) is 17.7. The van der Waals surface area contributed by atoms with Crippen LogP contribution in [0.25, 0.3) is 0 Å². The van der Waals surface area contributed by atoms with E-state index in [1.54, 1.807) is 0 Å². The van der Waals surface area contributed by atoms with Gasteiger partial charge in [0.1, 0.15) is 5.82 Å². The Balaban J connectivity index is 1.69. The molecule has 23 heavy (non-hydrogen) atoms. The van der Waals surface area contributed by atoms with Crippen LogP contribution < -0.4 is 10.6 Å². The first-order valence-electron chi connectivity index (χ1n) is 6.71. The SMILES string of the molecule is O=C(CSCC(=O)Nc1ccc(I)cc1)Nc1ccc(F)cc1. The van der Waals surface area contributed by atoms with E-state index < -0.39 is 0 Å². The predicted molar refractivity (Wildman–Crippen MR) is 100 cm³/mol. The number of hydrogen-bond donors (Lipinski definition) is 2. The first-order valence-corrected chi connectivity index (χ1v) is 8.95. The summed E-state index contributed by atoms with van der Waals surface area (Å²) in [5, 5.41) is 5.40. The fourth-order valence-electron chi connectivity index (χ4n) is 1.70. The number of anilines is 2. The second kappa shape index (κ2) is 8.88. The van der Waals surface area contributed by atoms with Gasteiger partial charge in [-0.15, -0.1) is 11.8 Å². The number of hydrogen-bond acceptors (Lipinski definition) is 3. The van der Waals surface area contributed by atoms with Crippen molar-refractivity contribution in [1.29, 1.82) is 0 Å². The molecule has 0 aliphatic carbocycles. The van der Waals surface area contributed by atoms with Crippen molar-refractivity contribution in [3.63, 3.8) is 0 Å². The van der Waals surface area contributed by atoms with Crippen molar-refractivity contribution in [1.82, 2.24) is 0 Å². The number of nitrogens with one attached hydrogen (secondary N) is 2. The van der Waals surface area contributed by atoms with Crippen LogP contribution in [0.5, 0.6) is 0 Å². The Morgan fingerprint density at radius 3 is 1.78 bits per heavy atom. The number of carbonyl (C=O) groups is 2. The summed E-state index contributed by atoms with van der Waals surface area (Å²) >= 11 is 3.40. The lowest BCUT2D eigenvalue weighted by Crippen LogP contribution is -2.18. The molecule has 7 heteroatoms. The molecular formula is C16H14FIN2O2S. The van der Waals surface area contributed by atoms with E-state index in [-0.39, 0.29) is 29.1 Å². The first-order chi connectivity index (χ1) is 11.0. The van der Waals surface area contributed by atoms with Crippen molar-refractivity contribution in [2.75, 3.05) is 22.1 Å². The van der Waals surface area contributed by atoms with Gasteiger partial charge in [0.2, 0.25) is 11.8 Å². The third-order valence-electron chi connectivity index (χ3n) is 2.72. The van der Waals surface area contributed by atoms with Crippen LogP contribution >= 0.6 is 34.4 Å². The maximum Gasteiger partial charge on any atom is 0.234 e. The smallest absolute Gasteiger partial charge is 0.234 e. The Morgan fingerprint density at radius 2 is 1.30 bits per heavy atom. The summed E-state index contributed by atoms with van der Waals surface area (Å²) < 4.78 is 13.8. The van der Waals surface area contributed by atoms with Gasteiger partial charge in [0.25, 0.3) is 0 Å². The molecule has 0 aliphatic rings. The highest BCUT2D eigenvalue weighted by Gasteiger charge is 2.07. The van der Waals surface area contributed by atoms with Gasteiger partial charge in [-0.25, -0.2) is 4.39 Å². The minimum Gasteiger partial charge on any atom is -0.325 e. The molecule has 0 radical (unpaired) electrons. The lowest BCUT2D eigenvalue weighted by atomic mass is 10.3. The van der Waals surface area contributed by atoms with Crippen LogP contribution in [0.3, 0.4) is 0 Å². The molecule has 2 aromatic carbocycles. The predicted octanol–water partition coefficient (Wildman–Crippen LogP) is 3.74. The molecule has 0 aliphatic heterocycles. The van der Waals surface area contributed by atoms with E-state index in [0.29, 0.717) is 5.69 Å². The van der Waals surface area contributed by atoms with Crippen LogP contribution in [0.15, 0.2) is 48.5 Å². The van der Waals surface area contributed by atoms with Crippen LogP contribution in [-0.2, 0) is 9.59 Å². The number of thioether (sulfide) groups is 1. The molecule has 2 N–H and O–H groups in total. The Kier molecular flexibility index (Phi) is 6.85. The highest BCUT2D eigenvalue weighted by Crippen LogP contribution is 2.12. The summed E-state index contributed by atoms with van der Waals surface area (Å²) in [5.41, 5.74) is 1.26. The second-order valence-corrected chi connectivity index (χ2v) is 6.83. The number of halogens is 2. The molecule has 2 amide bonds. The van der Waals surface area contributed by atoms with Crippen molar-refractivity contribution >= 4 is 57.5 Å². The van der Waals surface area contributed by atoms with Gasteiger partial charge in [-0.3, -0.25) is 9.59 Å². The van der Waals surface area contributed by atoms with Crippen molar-refractivity contribution in [2.24, 2.45) is 0 Å². The highest BCUT2D eigenvalue weighted by molar-refractivity contribution is 14.1. The van der Waals surface area contributed by atoms with E-state index in [1.807, 2.05) is 24.3 Å². The van der Waals surface area contributed by atoms with Crippen LogP contribution in [0.1, 0.15) is 0 Å². The summed E-state index contributed by atoms with van der Waals surface area (Å²) in [7, 11) is 0. The number of carbonyl (C=O) groups excluding carboxylic acids is 2. The second-order valence-electron chi connectivity index (χ2n) is 4.60. The summed E-state index contributed by atoms with van der Waals surface area (Å²) in [6.45, 7) is 0. The number of amides is 2. The van der Waals surface area contributed by atoms with Gasteiger partial charge in [0.05, 0.1) is 11.5 Å². The van der Waals surface area contributed by atoms with Crippen LogP contribution in [0.4, 0.5) is 15.8 Å². The lowest BCUT2D eigenvalue weighted by molar-refractivity contribution is -0.114. The molecule has 0 bridgehead atoms. The molecule has 0 saturated heterocycles. The molecule has 0 saturated carbocycles. The lowest BCUT2D eigenvalue weighted by Gasteiger charge is -2.06. The molecular weight excluding hydrogens is 430 g/mol. The monoisotopic (exact) mass is 444 g/mol. The van der Waals surface area contributed by atoms with Gasteiger partial charge in [-0.2, -0.15) is 0 Å². The van der Waals surface area contributed by atoms with Crippen molar-refractivity contribution in [3.8, 4) is 0 Å². The van der Waals surface area contributed by atoms with E-state index in [0.717, 1.165) is 9.26 Å². The molecule has 2 aromatic rings. The van der Waals surface area contributed by atoms with E-state index in [1.165, 1.54) is 36.0 Å². The standard InChI is InChI=1S/C16H14FIN2O2S/c17-11-1-5-13(6-2-11)19-15(21)9-23-10-16(22)20-14-7-3-12(18)4-8-14/h1-8H,9-10H2,(H,19,21)(H,20,22). The van der Waals surface area contributed by atoms with E-state index >= 15 is 0 Å². The number of benzene rings is 2. The maximum atomic E-state index is 12.8. The summed E-state index contributed by atoms with van der Waals surface area (Å²) in [6, 6.07) is 13.0. The fraction of sp³-hybridized carbons (Fsp3) is 0.125. The normalized spacial score (nSPS) is 10.2. The van der Waals surface area contributed by atoms with Gasteiger partial charge in [0.15, 0.2) is 0 Å². The molecule has 120 valence electrons.